The Morgan fingerprint density at radius 2 is 1.70 bits per heavy atom. The van der Waals surface area contributed by atoms with E-state index in [0.29, 0.717) is 24.5 Å². The fraction of sp³-hybridized carbons (Fsp3) is 0.562. The minimum absolute atomic E-state index is 0.0227. The van der Waals surface area contributed by atoms with Gasteiger partial charge in [-0.25, -0.2) is 0 Å². The van der Waals surface area contributed by atoms with E-state index in [1.165, 1.54) is 0 Å². The maximum atomic E-state index is 11.7. The van der Waals surface area contributed by atoms with E-state index in [-0.39, 0.29) is 5.78 Å². The Balaban J connectivity index is 2.94. The second-order valence-corrected chi connectivity index (χ2v) is 5.79. The molecule has 0 aliphatic heterocycles. The standard InChI is InChI=1S/C16H23IO3/c1-4-6-10-19-14-9-8-13(12(3)18)16(15(14)17)20-11-7-5-2/h8-9H,4-7,10-11H2,1-3H3. The maximum Gasteiger partial charge on any atom is 0.163 e. The van der Waals surface area contributed by atoms with E-state index < -0.39 is 0 Å². The molecule has 0 radical (unpaired) electrons. The van der Waals surface area contributed by atoms with Gasteiger partial charge in [0, 0.05) is 0 Å². The summed E-state index contributed by atoms with van der Waals surface area (Å²) in [6, 6.07) is 3.66. The smallest absolute Gasteiger partial charge is 0.163 e. The van der Waals surface area contributed by atoms with E-state index in [0.717, 1.165) is 35.0 Å². The van der Waals surface area contributed by atoms with Crippen molar-refractivity contribution in [1.82, 2.24) is 0 Å². The van der Waals surface area contributed by atoms with Crippen LogP contribution in [-0.4, -0.2) is 19.0 Å². The van der Waals surface area contributed by atoms with Gasteiger partial charge in [0.05, 0.1) is 22.3 Å². The number of ketones is 1. The molecule has 0 aromatic heterocycles. The first-order valence-electron chi connectivity index (χ1n) is 7.20. The zero-order valence-electron chi connectivity index (χ0n) is 12.5. The lowest BCUT2D eigenvalue weighted by Gasteiger charge is -2.15. The highest BCUT2D eigenvalue weighted by atomic mass is 127. The average molecular weight is 390 g/mol. The normalized spacial score (nSPS) is 10.4. The van der Waals surface area contributed by atoms with Gasteiger partial charge in [-0.3, -0.25) is 4.79 Å². The van der Waals surface area contributed by atoms with Crippen molar-refractivity contribution in [1.29, 1.82) is 0 Å². The molecule has 0 aliphatic carbocycles. The molecule has 112 valence electrons. The Bertz CT molecular complexity index is 444. The molecule has 0 saturated heterocycles. The summed E-state index contributed by atoms with van der Waals surface area (Å²) in [7, 11) is 0. The van der Waals surface area contributed by atoms with Crippen molar-refractivity contribution < 1.29 is 14.3 Å². The number of hydrogen-bond donors (Lipinski definition) is 0. The summed E-state index contributed by atoms with van der Waals surface area (Å²) in [5.41, 5.74) is 0.633. The molecular formula is C16H23IO3. The monoisotopic (exact) mass is 390 g/mol. The van der Waals surface area contributed by atoms with Gasteiger partial charge >= 0.3 is 0 Å². The van der Waals surface area contributed by atoms with Crippen LogP contribution in [0.15, 0.2) is 12.1 Å². The zero-order chi connectivity index (χ0) is 15.0. The van der Waals surface area contributed by atoms with Crippen LogP contribution in [0.5, 0.6) is 11.5 Å². The Labute approximate surface area is 135 Å². The number of ether oxygens (including phenoxy) is 2. The number of unbranched alkanes of at least 4 members (excludes halogenated alkanes) is 2. The molecule has 0 saturated carbocycles. The first-order valence-corrected chi connectivity index (χ1v) is 8.28. The van der Waals surface area contributed by atoms with Crippen LogP contribution < -0.4 is 9.47 Å². The van der Waals surface area contributed by atoms with Crippen molar-refractivity contribution >= 4 is 28.4 Å². The molecule has 0 spiro atoms. The van der Waals surface area contributed by atoms with Gasteiger partial charge in [0.1, 0.15) is 11.5 Å². The Hall–Kier alpha value is -0.780. The van der Waals surface area contributed by atoms with Gasteiger partial charge < -0.3 is 9.47 Å². The minimum atomic E-state index is 0.0227. The lowest BCUT2D eigenvalue weighted by molar-refractivity contribution is 0.101. The first-order chi connectivity index (χ1) is 9.61. The van der Waals surface area contributed by atoms with Gasteiger partial charge in [0.25, 0.3) is 0 Å². The van der Waals surface area contributed by atoms with E-state index in [4.69, 9.17) is 9.47 Å². The lowest BCUT2D eigenvalue weighted by atomic mass is 10.1. The summed E-state index contributed by atoms with van der Waals surface area (Å²) in [5, 5.41) is 0. The molecule has 1 aromatic rings. The number of Topliss-reactive ketones (excluding diaryl/α,β-unsaturated/α-hetero) is 1. The Morgan fingerprint density at radius 3 is 2.25 bits per heavy atom. The third-order valence-electron chi connectivity index (χ3n) is 2.94. The number of halogens is 1. The average Bonchev–Trinajstić information content (AvgIpc) is 2.42. The van der Waals surface area contributed by atoms with Crippen molar-refractivity contribution in [2.24, 2.45) is 0 Å². The molecule has 0 fully saturated rings. The zero-order valence-corrected chi connectivity index (χ0v) is 14.7. The molecule has 0 amide bonds. The van der Waals surface area contributed by atoms with Crippen LogP contribution in [0.3, 0.4) is 0 Å². The van der Waals surface area contributed by atoms with Gasteiger partial charge in [-0.05, 0) is 54.5 Å². The van der Waals surface area contributed by atoms with E-state index >= 15 is 0 Å². The van der Waals surface area contributed by atoms with Crippen LogP contribution in [0.1, 0.15) is 56.8 Å². The molecule has 4 heteroatoms. The van der Waals surface area contributed by atoms with Crippen molar-refractivity contribution in [3.05, 3.63) is 21.3 Å². The molecule has 0 bridgehead atoms. The third kappa shape index (κ3) is 4.96. The van der Waals surface area contributed by atoms with E-state index in [1.54, 1.807) is 13.0 Å². The summed E-state index contributed by atoms with van der Waals surface area (Å²) in [4.78, 5) is 11.7. The van der Waals surface area contributed by atoms with E-state index in [1.807, 2.05) is 6.07 Å². The predicted molar refractivity (Wildman–Crippen MR) is 90.0 cm³/mol. The highest BCUT2D eigenvalue weighted by Gasteiger charge is 2.16. The topological polar surface area (TPSA) is 35.5 Å². The first kappa shape index (κ1) is 17.3. The largest absolute Gasteiger partial charge is 0.492 e. The second-order valence-electron chi connectivity index (χ2n) is 4.71. The van der Waals surface area contributed by atoms with Crippen LogP contribution in [0.25, 0.3) is 0 Å². The second kappa shape index (κ2) is 9.21. The summed E-state index contributed by atoms with van der Waals surface area (Å²) in [6.45, 7) is 7.14. The molecule has 0 aliphatic rings. The summed E-state index contributed by atoms with van der Waals surface area (Å²) >= 11 is 2.20. The molecule has 0 unspecified atom stereocenters. The number of carbonyl (C=O) groups is 1. The van der Waals surface area contributed by atoms with Crippen molar-refractivity contribution in [3.63, 3.8) is 0 Å². The maximum absolute atomic E-state index is 11.7. The number of rotatable bonds is 9. The Morgan fingerprint density at radius 1 is 1.10 bits per heavy atom. The molecule has 1 rings (SSSR count). The predicted octanol–water partition coefficient (Wildman–Crippen LogP) is 4.85. The van der Waals surface area contributed by atoms with Gasteiger partial charge in [-0.1, -0.05) is 26.7 Å². The number of carbonyl (C=O) groups excluding carboxylic acids is 1. The molecule has 0 heterocycles. The van der Waals surface area contributed by atoms with Gasteiger partial charge in [-0.2, -0.15) is 0 Å². The van der Waals surface area contributed by atoms with Crippen molar-refractivity contribution in [3.8, 4) is 11.5 Å². The molecule has 0 N–H and O–H groups in total. The fourth-order valence-electron chi connectivity index (χ4n) is 1.71. The van der Waals surface area contributed by atoms with Crippen molar-refractivity contribution in [2.75, 3.05) is 13.2 Å². The number of benzene rings is 1. The van der Waals surface area contributed by atoms with E-state index in [9.17, 15) is 4.79 Å². The number of hydrogen-bond acceptors (Lipinski definition) is 3. The fourth-order valence-corrected chi connectivity index (χ4v) is 2.49. The van der Waals surface area contributed by atoms with Crippen LogP contribution in [0.2, 0.25) is 0 Å². The third-order valence-corrected chi connectivity index (χ3v) is 3.96. The summed E-state index contributed by atoms with van der Waals surface area (Å²) < 4.78 is 12.5. The van der Waals surface area contributed by atoms with Gasteiger partial charge in [0.15, 0.2) is 5.78 Å². The molecule has 20 heavy (non-hydrogen) atoms. The summed E-state index contributed by atoms with van der Waals surface area (Å²) in [5.74, 6) is 1.49. The van der Waals surface area contributed by atoms with E-state index in [2.05, 4.69) is 36.4 Å². The highest BCUT2D eigenvalue weighted by molar-refractivity contribution is 14.1. The lowest BCUT2D eigenvalue weighted by Crippen LogP contribution is -2.07. The highest BCUT2D eigenvalue weighted by Crippen LogP contribution is 2.34. The van der Waals surface area contributed by atoms with Crippen LogP contribution in [0.4, 0.5) is 0 Å². The Kier molecular flexibility index (Phi) is 7.95. The molecular weight excluding hydrogens is 367 g/mol. The quantitative estimate of drug-likeness (QED) is 0.344. The van der Waals surface area contributed by atoms with Crippen LogP contribution >= 0.6 is 22.6 Å². The van der Waals surface area contributed by atoms with Crippen LogP contribution in [-0.2, 0) is 0 Å². The minimum Gasteiger partial charge on any atom is -0.492 e. The SMILES string of the molecule is CCCCOc1ccc(C(C)=O)c(OCCCC)c1I. The molecule has 0 atom stereocenters. The van der Waals surface area contributed by atoms with Gasteiger partial charge in [0.2, 0.25) is 0 Å². The van der Waals surface area contributed by atoms with Crippen LogP contribution in [0, 0.1) is 3.57 Å². The van der Waals surface area contributed by atoms with Gasteiger partial charge in [-0.15, -0.1) is 0 Å². The molecule has 3 nitrogen and oxygen atoms in total. The molecule has 1 aromatic carbocycles. The van der Waals surface area contributed by atoms with Crippen molar-refractivity contribution in [2.45, 2.75) is 46.5 Å². The summed E-state index contributed by atoms with van der Waals surface area (Å²) in [6.07, 6.45) is 4.17.